The van der Waals surface area contributed by atoms with Crippen molar-refractivity contribution in [1.29, 1.82) is 0 Å². The minimum atomic E-state index is -0.368. The molecule has 0 unspecified atom stereocenters. The smallest absolute Gasteiger partial charge is 0.246 e. The third-order valence-electron chi connectivity index (χ3n) is 4.74. The van der Waals surface area contributed by atoms with Crippen molar-refractivity contribution in [2.45, 2.75) is 43.6 Å². The number of carbonyl (C=O) groups excluding carboxylic acids is 2. The molecule has 6 heteroatoms. The molecule has 3 fully saturated rings. The highest BCUT2D eigenvalue weighted by Crippen LogP contribution is 2.33. The summed E-state index contributed by atoms with van der Waals surface area (Å²) >= 11 is 0. The van der Waals surface area contributed by atoms with Gasteiger partial charge in [-0.3, -0.25) is 9.59 Å². The lowest BCUT2D eigenvalue weighted by Gasteiger charge is -2.46. The number of amides is 2. The van der Waals surface area contributed by atoms with Crippen molar-refractivity contribution in [3.05, 3.63) is 12.7 Å². The van der Waals surface area contributed by atoms with E-state index in [9.17, 15) is 9.59 Å². The van der Waals surface area contributed by atoms with Gasteiger partial charge in [-0.15, -0.1) is 6.58 Å². The molecule has 0 spiro atoms. The fraction of sp³-hybridized carbons (Fsp3) is 0.733. The van der Waals surface area contributed by atoms with Gasteiger partial charge in [0.15, 0.2) is 0 Å². The van der Waals surface area contributed by atoms with Gasteiger partial charge in [-0.1, -0.05) is 6.08 Å². The van der Waals surface area contributed by atoms with Crippen molar-refractivity contribution in [3.8, 4) is 0 Å². The normalized spacial score (nSPS) is 35.7. The summed E-state index contributed by atoms with van der Waals surface area (Å²) < 4.78 is 11.0. The molecule has 0 aromatic carbocycles. The highest BCUT2D eigenvalue weighted by Gasteiger charge is 2.52. The van der Waals surface area contributed by atoms with Crippen molar-refractivity contribution in [2.24, 2.45) is 0 Å². The molecule has 116 valence electrons. The van der Waals surface area contributed by atoms with E-state index in [-0.39, 0.29) is 36.1 Å². The van der Waals surface area contributed by atoms with Crippen LogP contribution in [0.2, 0.25) is 0 Å². The zero-order chi connectivity index (χ0) is 15.0. The lowest BCUT2D eigenvalue weighted by atomic mass is 9.94. The molecule has 21 heavy (non-hydrogen) atoms. The van der Waals surface area contributed by atoms with E-state index in [1.807, 2.05) is 0 Å². The van der Waals surface area contributed by atoms with Crippen LogP contribution in [0.5, 0.6) is 0 Å². The van der Waals surface area contributed by atoms with E-state index in [2.05, 4.69) is 6.58 Å². The first-order valence-electron chi connectivity index (χ1n) is 7.52. The Hall–Kier alpha value is -1.40. The number of methoxy groups -OCH3 is 1. The van der Waals surface area contributed by atoms with Gasteiger partial charge in [0, 0.05) is 33.0 Å². The number of nitrogens with zero attached hydrogens (tertiary/aromatic N) is 2. The second kappa shape index (κ2) is 5.77. The van der Waals surface area contributed by atoms with Crippen molar-refractivity contribution < 1.29 is 19.1 Å². The molecule has 6 nitrogen and oxygen atoms in total. The molecule has 3 saturated heterocycles. The highest BCUT2D eigenvalue weighted by molar-refractivity contribution is 5.97. The number of carbonyl (C=O) groups is 2. The summed E-state index contributed by atoms with van der Waals surface area (Å²) in [5.41, 5.74) is 0. The van der Waals surface area contributed by atoms with Crippen LogP contribution >= 0.6 is 0 Å². The molecule has 4 atom stereocenters. The molecule has 0 radical (unpaired) electrons. The summed E-state index contributed by atoms with van der Waals surface area (Å²) in [7, 11) is 1.63. The van der Waals surface area contributed by atoms with Crippen molar-refractivity contribution in [2.75, 3.05) is 26.8 Å². The summed E-state index contributed by atoms with van der Waals surface area (Å²) in [5, 5.41) is 0. The number of rotatable bonds is 4. The van der Waals surface area contributed by atoms with Crippen LogP contribution < -0.4 is 0 Å². The third kappa shape index (κ3) is 2.46. The Morgan fingerprint density at radius 3 is 2.57 bits per heavy atom. The minimum Gasteiger partial charge on any atom is -0.380 e. The Labute approximate surface area is 124 Å². The van der Waals surface area contributed by atoms with Crippen LogP contribution in [0.4, 0.5) is 0 Å². The predicted molar refractivity (Wildman–Crippen MR) is 75.6 cm³/mol. The van der Waals surface area contributed by atoms with Gasteiger partial charge < -0.3 is 19.3 Å². The molecular formula is C15H22N2O4. The summed E-state index contributed by atoms with van der Waals surface area (Å²) in [4.78, 5) is 28.7. The zero-order valence-electron chi connectivity index (χ0n) is 12.4. The number of hydrogen-bond acceptors (Lipinski definition) is 4. The maximum Gasteiger partial charge on any atom is 0.246 e. The maximum atomic E-state index is 12.7. The first-order chi connectivity index (χ1) is 10.2. The van der Waals surface area contributed by atoms with Gasteiger partial charge in [0.1, 0.15) is 12.1 Å². The summed E-state index contributed by atoms with van der Waals surface area (Å²) in [6.45, 7) is 5.24. The fourth-order valence-corrected chi connectivity index (χ4v) is 3.62. The SMILES string of the molecule is C=CCO[C@@H]1CCN2C(=O)[C@@H]3C[C@@H](OC)CN3C(=O)[C@@H]2C1. The maximum absolute atomic E-state index is 12.7. The molecule has 3 rings (SSSR count). The lowest BCUT2D eigenvalue weighted by Crippen LogP contribution is -2.65. The standard InChI is InChI=1S/C15H22N2O4/c1-3-6-21-10-4-5-16-12(7-10)15(19)17-9-11(20-2)8-13(17)14(16)18/h3,10-13H,1,4-9H2,2H3/t10-,11-,12+,13+/m1/s1. The molecule has 0 aliphatic carbocycles. The molecule has 0 aromatic heterocycles. The molecule has 0 bridgehead atoms. The zero-order valence-corrected chi connectivity index (χ0v) is 12.4. The fourth-order valence-electron chi connectivity index (χ4n) is 3.62. The highest BCUT2D eigenvalue weighted by atomic mass is 16.5. The second-order valence-electron chi connectivity index (χ2n) is 5.92. The van der Waals surface area contributed by atoms with Crippen LogP contribution in [-0.2, 0) is 19.1 Å². The van der Waals surface area contributed by atoms with Crippen molar-refractivity contribution in [1.82, 2.24) is 9.80 Å². The number of hydrogen-bond donors (Lipinski definition) is 0. The lowest BCUT2D eigenvalue weighted by molar-refractivity contribution is -0.164. The van der Waals surface area contributed by atoms with Gasteiger partial charge in [0.2, 0.25) is 11.8 Å². The minimum absolute atomic E-state index is 0.0263. The van der Waals surface area contributed by atoms with Crippen LogP contribution in [0.3, 0.4) is 0 Å². The molecule has 3 heterocycles. The first-order valence-corrected chi connectivity index (χ1v) is 7.52. The molecular weight excluding hydrogens is 272 g/mol. The second-order valence-corrected chi connectivity index (χ2v) is 5.92. The molecule has 0 aromatic rings. The largest absolute Gasteiger partial charge is 0.380 e. The van der Waals surface area contributed by atoms with Gasteiger partial charge in [0.25, 0.3) is 0 Å². The Morgan fingerprint density at radius 2 is 1.86 bits per heavy atom. The Morgan fingerprint density at radius 1 is 1.19 bits per heavy atom. The van der Waals surface area contributed by atoms with Gasteiger partial charge in [-0.05, 0) is 6.42 Å². The molecule has 0 N–H and O–H groups in total. The molecule has 2 amide bonds. The van der Waals surface area contributed by atoms with Crippen LogP contribution in [0.15, 0.2) is 12.7 Å². The molecule has 3 aliphatic rings. The van der Waals surface area contributed by atoms with E-state index in [1.165, 1.54) is 0 Å². The quantitative estimate of drug-likeness (QED) is 0.694. The van der Waals surface area contributed by atoms with E-state index in [0.29, 0.717) is 32.5 Å². The number of piperazine rings is 1. The van der Waals surface area contributed by atoms with Gasteiger partial charge >= 0.3 is 0 Å². The molecule has 3 aliphatic heterocycles. The number of ether oxygens (including phenoxy) is 2. The Kier molecular flexibility index (Phi) is 3.99. The summed E-state index contributed by atoms with van der Waals surface area (Å²) in [5.74, 6) is 0.118. The van der Waals surface area contributed by atoms with Crippen LogP contribution in [-0.4, -0.2) is 72.7 Å². The van der Waals surface area contributed by atoms with E-state index in [1.54, 1.807) is 23.0 Å². The van der Waals surface area contributed by atoms with Crippen LogP contribution in [0.1, 0.15) is 19.3 Å². The topological polar surface area (TPSA) is 59.1 Å². The monoisotopic (exact) mass is 294 g/mol. The van der Waals surface area contributed by atoms with E-state index in [0.717, 1.165) is 6.42 Å². The number of fused-ring (bicyclic) bond motifs is 2. The summed E-state index contributed by atoms with van der Waals surface area (Å²) in [6.07, 6.45) is 3.68. The van der Waals surface area contributed by atoms with E-state index >= 15 is 0 Å². The average Bonchev–Trinajstić information content (AvgIpc) is 2.95. The Balaban J connectivity index is 1.74. The van der Waals surface area contributed by atoms with Gasteiger partial charge in [-0.2, -0.15) is 0 Å². The van der Waals surface area contributed by atoms with Crippen molar-refractivity contribution in [3.63, 3.8) is 0 Å². The molecule has 0 saturated carbocycles. The van der Waals surface area contributed by atoms with E-state index < -0.39 is 0 Å². The van der Waals surface area contributed by atoms with E-state index in [4.69, 9.17) is 9.47 Å². The van der Waals surface area contributed by atoms with Crippen LogP contribution in [0, 0.1) is 0 Å². The summed E-state index contributed by atoms with van der Waals surface area (Å²) in [6, 6.07) is -0.697. The number of piperidine rings is 1. The van der Waals surface area contributed by atoms with Crippen LogP contribution in [0.25, 0.3) is 0 Å². The van der Waals surface area contributed by atoms with Gasteiger partial charge in [0.05, 0.1) is 18.8 Å². The average molecular weight is 294 g/mol. The Bertz CT molecular complexity index is 453. The predicted octanol–water partition coefficient (Wildman–Crippen LogP) is 0.178. The third-order valence-corrected chi connectivity index (χ3v) is 4.74. The first kappa shape index (κ1) is 14.5. The van der Waals surface area contributed by atoms with Crippen molar-refractivity contribution >= 4 is 11.8 Å². The van der Waals surface area contributed by atoms with Gasteiger partial charge in [-0.25, -0.2) is 0 Å².